The van der Waals surface area contributed by atoms with Gasteiger partial charge >= 0.3 is 0 Å². The summed E-state index contributed by atoms with van der Waals surface area (Å²) >= 11 is 7.25. The number of nitrogens with zero attached hydrogens (tertiary/aromatic N) is 1. The van der Waals surface area contributed by atoms with Gasteiger partial charge in [-0.05, 0) is 48.4 Å². The second kappa shape index (κ2) is 8.63. The molecule has 0 saturated carbocycles. The predicted octanol–water partition coefficient (Wildman–Crippen LogP) is 5.02. The fourth-order valence-corrected chi connectivity index (χ4v) is 3.94. The first-order valence-electron chi connectivity index (χ1n) is 8.73. The van der Waals surface area contributed by atoms with Crippen molar-refractivity contribution in [2.45, 2.75) is 24.7 Å². The maximum absolute atomic E-state index is 13.0. The highest BCUT2D eigenvalue weighted by Gasteiger charge is 2.39. The predicted molar refractivity (Wildman–Crippen MR) is 109 cm³/mol. The third-order valence-corrected chi connectivity index (χ3v) is 5.62. The van der Waals surface area contributed by atoms with Crippen molar-refractivity contribution in [3.05, 3.63) is 64.0 Å². The summed E-state index contributed by atoms with van der Waals surface area (Å²) in [4.78, 5) is 28.6. The average molecular weight is 402 g/mol. The van der Waals surface area contributed by atoms with Crippen LogP contribution in [0.3, 0.4) is 0 Å². The van der Waals surface area contributed by atoms with E-state index in [2.05, 4.69) is 0 Å². The Balaban J connectivity index is 2.01. The standard InChI is InChI=1S/C21H20ClNO3S/c1-3-4-13-23-20(24)18(14-5-9-16(26-2)10-6-14)19(21(23)25)27-17-11-7-15(22)8-12-17/h5-12H,3-4,13H2,1-2H3. The monoisotopic (exact) mass is 401 g/mol. The summed E-state index contributed by atoms with van der Waals surface area (Å²) in [7, 11) is 1.59. The number of methoxy groups -OCH3 is 1. The number of unbranched alkanes of at least 4 members (excludes halogenated alkanes) is 1. The smallest absolute Gasteiger partial charge is 0.268 e. The van der Waals surface area contributed by atoms with Crippen LogP contribution in [0.5, 0.6) is 5.75 Å². The van der Waals surface area contributed by atoms with Crippen molar-refractivity contribution in [3.63, 3.8) is 0 Å². The number of carbonyl (C=O) groups is 2. The Hall–Kier alpha value is -2.24. The molecule has 0 fully saturated rings. The van der Waals surface area contributed by atoms with E-state index in [9.17, 15) is 9.59 Å². The average Bonchev–Trinajstić information content (AvgIpc) is 2.91. The summed E-state index contributed by atoms with van der Waals surface area (Å²) in [5.41, 5.74) is 1.16. The second-order valence-corrected chi connectivity index (χ2v) is 7.62. The fraction of sp³-hybridized carbons (Fsp3) is 0.238. The van der Waals surface area contributed by atoms with Crippen LogP contribution in [-0.2, 0) is 9.59 Å². The molecule has 2 aromatic carbocycles. The maximum atomic E-state index is 13.0. The SMILES string of the molecule is CCCCN1C(=O)C(Sc2ccc(Cl)cc2)=C(c2ccc(OC)cc2)C1=O. The van der Waals surface area contributed by atoms with Crippen molar-refractivity contribution in [3.8, 4) is 5.75 Å². The first kappa shape index (κ1) is 19.5. The van der Waals surface area contributed by atoms with Crippen LogP contribution in [0.2, 0.25) is 5.02 Å². The number of thioether (sulfide) groups is 1. The maximum Gasteiger partial charge on any atom is 0.268 e. The molecule has 2 aromatic rings. The molecule has 2 amide bonds. The number of hydrogen-bond donors (Lipinski definition) is 0. The molecule has 0 atom stereocenters. The minimum absolute atomic E-state index is 0.237. The lowest BCUT2D eigenvalue weighted by molar-refractivity contribution is -0.136. The number of imide groups is 1. The highest BCUT2D eigenvalue weighted by molar-refractivity contribution is 8.04. The number of ether oxygens (including phenoxy) is 1. The van der Waals surface area contributed by atoms with Gasteiger partial charge in [-0.3, -0.25) is 14.5 Å². The van der Waals surface area contributed by atoms with Gasteiger partial charge in [0.15, 0.2) is 0 Å². The van der Waals surface area contributed by atoms with E-state index in [0.717, 1.165) is 17.7 Å². The van der Waals surface area contributed by atoms with Crippen LogP contribution in [0.15, 0.2) is 58.3 Å². The zero-order valence-corrected chi connectivity index (χ0v) is 16.8. The molecule has 1 heterocycles. The van der Waals surface area contributed by atoms with Gasteiger partial charge in [0.25, 0.3) is 11.8 Å². The highest BCUT2D eigenvalue weighted by Crippen LogP contribution is 2.40. The van der Waals surface area contributed by atoms with Crippen molar-refractivity contribution in [1.82, 2.24) is 4.90 Å². The minimum atomic E-state index is -0.241. The van der Waals surface area contributed by atoms with E-state index >= 15 is 0 Å². The number of carbonyl (C=O) groups excluding carboxylic acids is 2. The molecule has 0 aromatic heterocycles. The quantitative estimate of drug-likeness (QED) is 0.611. The summed E-state index contributed by atoms with van der Waals surface area (Å²) in [6.45, 7) is 2.46. The molecule has 4 nitrogen and oxygen atoms in total. The number of hydrogen-bond acceptors (Lipinski definition) is 4. The van der Waals surface area contributed by atoms with Gasteiger partial charge in [0.1, 0.15) is 5.75 Å². The normalized spacial score (nSPS) is 14.3. The number of benzene rings is 2. The molecule has 0 N–H and O–H groups in total. The zero-order valence-electron chi connectivity index (χ0n) is 15.2. The van der Waals surface area contributed by atoms with Gasteiger partial charge in [0.05, 0.1) is 17.6 Å². The molecule has 0 saturated heterocycles. The summed E-state index contributed by atoms with van der Waals surface area (Å²) in [5, 5.41) is 0.627. The van der Waals surface area contributed by atoms with Crippen molar-refractivity contribution in [2.75, 3.05) is 13.7 Å². The molecular weight excluding hydrogens is 382 g/mol. The second-order valence-electron chi connectivity index (χ2n) is 6.10. The van der Waals surface area contributed by atoms with Crippen LogP contribution in [0.1, 0.15) is 25.3 Å². The Morgan fingerprint density at radius 2 is 1.67 bits per heavy atom. The van der Waals surface area contributed by atoms with Crippen molar-refractivity contribution in [1.29, 1.82) is 0 Å². The van der Waals surface area contributed by atoms with Crippen LogP contribution in [0.25, 0.3) is 5.57 Å². The molecule has 3 rings (SSSR count). The first-order chi connectivity index (χ1) is 13.0. The van der Waals surface area contributed by atoms with Gasteiger partial charge < -0.3 is 4.74 Å². The molecule has 27 heavy (non-hydrogen) atoms. The van der Waals surface area contributed by atoms with Gasteiger partial charge in [-0.2, -0.15) is 0 Å². The molecule has 1 aliphatic rings. The van der Waals surface area contributed by atoms with Crippen LogP contribution in [0, 0.1) is 0 Å². The topological polar surface area (TPSA) is 46.6 Å². The van der Waals surface area contributed by atoms with Gasteiger partial charge in [-0.25, -0.2) is 0 Å². The minimum Gasteiger partial charge on any atom is -0.497 e. The van der Waals surface area contributed by atoms with E-state index in [1.807, 2.05) is 31.2 Å². The van der Waals surface area contributed by atoms with Crippen LogP contribution in [-0.4, -0.2) is 30.4 Å². The zero-order chi connectivity index (χ0) is 19.4. The third kappa shape index (κ3) is 4.20. The Morgan fingerprint density at radius 1 is 1.00 bits per heavy atom. The van der Waals surface area contributed by atoms with E-state index in [4.69, 9.17) is 16.3 Å². The lowest BCUT2D eigenvalue weighted by atomic mass is 10.1. The van der Waals surface area contributed by atoms with Gasteiger partial charge in [-0.15, -0.1) is 0 Å². The molecule has 0 bridgehead atoms. The van der Waals surface area contributed by atoms with Gasteiger partial charge in [0, 0.05) is 16.5 Å². The van der Waals surface area contributed by atoms with E-state index in [1.54, 1.807) is 31.4 Å². The molecular formula is C21H20ClNO3S. The summed E-state index contributed by atoms with van der Waals surface area (Å²) < 4.78 is 5.19. The Labute approximate surface area is 168 Å². The molecule has 0 unspecified atom stereocenters. The van der Waals surface area contributed by atoms with Crippen LogP contribution < -0.4 is 4.74 Å². The van der Waals surface area contributed by atoms with E-state index < -0.39 is 0 Å². The summed E-state index contributed by atoms with van der Waals surface area (Å²) in [5.74, 6) is 0.222. The van der Waals surface area contributed by atoms with Gasteiger partial charge in [-0.1, -0.05) is 48.8 Å². The van der Waals surface area contributed by atoms with Crippen molar-refractivity contribution >= 4 is 40.8 Å². The van der Waals surface area contributed by atoms with E-state index in [1.165, 1.54) is 16.7 Å². The number of amides is 2. The lowest BCUT2D eigenvalue weighted by Gasteiger charge is -2.14. The number of halogens is 1. The highest BCUT2D eigenvalue weighted by atomic mass is 35.5. The summed E-state index contributed by atoms with van der Waals surface area (Å²) in [6, 6.07) is 14.4. The third-order valence-electron chi connectivity index (χ3n) is 4.27. The van der Waals surface area contributed by atoms with Crippen LogP contribution >= 0.6 is 23.4 Å². The van der Waals surface area contributed by atoms with Crippen molar-refractivity contribution < 1.29 is 14.3 Å². The molecule has 140 valence electrons. The molecule has 1 aliphatic heterocycles. The van der Waals surface area contributed by atoms with E-state index in [0.29, 0.717) is 33.4 Å². The summed E-state index contributed by atoms with van der Waals surface area (Å²) in [6.07, 6.45) is 1.70. The van der Waals surface area contributed by atoms with Crippen LogP contribution in [0.4, 0.5) is 0 Å². The molecule has 0 aliphatic carbocycles. The molecule has 0 radical (unpaired) electrons. The Morgan fingerprint density at radius 3 is 2.26 bits per heavy atom. The fourth-order valence-electron chi connectivity index (χ4n) is 2.80. The Kier molecular flexibility index (Phi) is 6.24. The largest absolute Gasteiger partial charge is 0.497 e. The van der Waals surface area contributed by atoms with E-state index in [-0.39, 0.29) is 11.8 Å². The van der Waals surface area contributed by atoms with Gasteiger partial charge in [0.2, 0.25) is 0 Å². The van der Waals surface area contributed by atoms with Crippen molar-refractivity contribution in [2.24, 2.45) is 0 Å². The number of rotatable bonds is 7. The molecule has 0 spiro atoms. The molecule has 6 heteroatoms. The first-order valence-corrected chi connectivity index (χ1v) is 9.93. The Bertz CT molecular complexity index is 875. The lowest BCUT2D eigenvalue weighted by Crippen LogP contribution is -2.32.